The summed E-state index contributed by atoms with van der Waals surface area (Å²) in [5, 5.41) is 13.3. The SMILES string of the molecule is CCOC(=O)c1cnn(-c2cncc(O)c2)c1. The molecule has 0 saturated carbocycles. The van der Waals surface area contributed by atoms with Gasteiger partial charge in [0.15, 0.2) is 0 Å². The fourth-order valence-electron chi connectivity index (χ4n) is 1.33. The number of aromatic hydroxyl groups is 1. The Morgan fingerprint density at radius 1 is 1.47 bits per heavy atom. The molecule has 0 bridgehead atoms. The van der Waals surface area contributed by atoms with Gasteiger partial charge < -0.3 is 9.84 Å². The number of aromatic nitrogens is 3. The molecule has 0 atom stereocenters. The molecule has 0 aliphatic rings. The van der Waals surface area contributed by atoms with Gasteiger partial charge in [-0.25, -0.2) is 9.48 Å². The predicted molar refractivity (Wildman–Crippen MR) is 59.0 cm³/mol. The van der Waals surface area contributed by atoms with E-state index in [0.29, 0.717) is 17.9 Å². The Balaban J connectivity index is 2.27. The van der Waals surface area contributed by atoms with Crippen LogP contribution in [0.3, 0.4) is 0 Å². The lowest BCUT2D eigenvalue weighted by atomic mass is 10.3. The van der Waals surface area contributed by atoms with E-state index in [1.165, 1.54) is 35.5 Å². The molecule has 0 aromatic carbocycles. The molecule has 0 amide bonds. The van der Waals surface area contributed by atoms with E-state index in [4.69, 9.17) is 4.74 Å². The minimum atomic E-state index is -0.424. The molecule has 0 unspecified atom stereocenters. The molecule has 0 radical (unpaired) electrons. The molecular weight excluding hydrogens is 222 g/mol. The number of pyridine rings is 1. The van der Waals surface area contributed by atoms with E-state index in [-0.39, 0.29) is 5.75 Å². The number of ether oxygens (including phenoxy) is 1. The van der Waals surface area contributed by atoms with Crippen LogP contribution < -0.4 is 0 Å². The van der Waals surface area contributed by atoms with Gasteiger partial charge in [0.25, 0.3) is 0 Å². The first-order chi connectivity index (χ1) is 8.20. The van der Waals surface area contributed by atoms with Crippen molar-refractivity contribution in [3.05, 3.63) is 36.4 Å². The second kappa shape index (κ2) is 4.65. The minimum absolute atomic E-state index is 0.0377. The molecular formula is C11H11N3O3. The van der Waals surface area contributed by atoms with E-state index in [1.807, 2.05) is 0 Å². The van der Waals surface area contributed by atoms with Gasteiger partial charge >= 0.3 is 5.97 Å². The maximum atomic E-state index is 11.4. The number of carbonyl (C=O) groups is 1. The molecule has 1 N–H and O–H groups in total. The van der Waals surface area contributed by atoms with Gasteiger partial charge in [-0.3, -0.25) is 4.98 Å². The van der Waals surface area contributed by atoms with Crippen LogP contribution in [0.1, 0.15) is 17.3 Å². The zero-order valence-corrected chi connectivity index (χ0v) is 9.20. The van der Waals surface area contributed by atoms with Crippen molar-refractivity contribution in [2.45, 2.75) is 6.92 Å². The Hall–Kier alpha value is -2.37. The Morgan fingerprint density at radius 3 is 3.00 bits per heavy atom. The predicted octanol–water partition coefficient (Wildman–Crippen LogP) is 1.15. The molecule has 88 valence electrons. The second-order valence-corrected chi connectivity index (χ2v) is 3.30. The summed E-state index contributed by atoms with van der Waals surface area (Å²) < 4.78 is 6.29. The summed E-state index contributed by atoms with van der Waals surface area (Å²) in [5.41, 5.74) is 0.927. The van der Waals surface area contributed by atoms with Crippen molar-refractivity contribution in [2.24, 2.45) is 0 Å². The molecule has 2 aromatic rings. The standard InChI is InChI=1S/C11H11N3O3/c1-2-17-11(16)8-4-13-14(7-8)9-3-10(15)6-12-5-9/h3-7,15H,2H2,1H3. The number of hydrogen-bond donors (Lipinski definition) is 1. The van der Waals surface area contributed by atoms with Crippen molar-refractivity contribution >= 4 is 5.97 Å². The smallest absolute Gasteiger partial charge is 0.341 e. The molecule has 2 aromatic heterocycles. The van der Waals surface area contributed by atoms with Crippen LogP contribution >= 0.6 is 0 Å². The van der Waals surface area contributed by atoms with E-state index in [0.717, 1.165) is 0 Å². The summed E-state index contributed by atoms with van der Waals surface area (Å²) in [6.45, 7) is 2.05. The third-order valence-electron chi connectivity index (χ3n) is 2.07. The lowest BCUT2D eigenvalue weighted by Gasteiger charge is -2.00. The van der Waals surface area contributed by atoms with Gasteiger partial charge in [0.2, 0.25) is 0 Å². The molecule has 0 fully saturated rings. The number of esters is 1. The number of nitrogens with zero attached hydrogens (tertiary/aromatic N) is 3. The lowest BCUT2D eigenvalue weighted by molar-refractivity contribution is 0.0526. The van der Waals surface area contributed by atoms with Gasteiger partial charge in [0.1, 0.15) is 5.75 Å². The number of rotatable bonds is 3. The van der Waals surface area contributed by atoms with Crippen LogP contribution in [0, 0.1) is 0 Å². The van der Waals surface area contributed by atoms with E-state index in [1.54, 1.807) is 6.92 Å². The van der Waals surface area contributed by atoms with Crippen LogP contribution in [0.5, 0.6) is 5.75 Å². The van der Waals surface area contributed by atoms with Crippen molar-refractivity contribution in [1.29, 1.82) is 0 Å². The Labute approximate surface area is 97.5 Å². The highest BCUT2D eigenvalue weighted by Crippen LogP contribution is 2.13. The summed E-state index contributed by atoms with van der Waals surface area (Å²) >= 11 is 0. The number of hydrogen-bond acceptors (Lipinski definition) is 5. The van der Waals surface area contributed by atoms with Crippen molar-refractivity contribution in [1.82, 2.24) is 14.8 Å². The first-order valence-electron chi connectivity index (χ1n) is 5.07. The third kappa shape index (κ3) is 2.41. The topological polar surface area (TPSA) is 77.2 Å². The first kappa shape index (κ1) is 11.1. The Morgan fingerprint density at radius 2 is 2.29 bits per heavy atom. The summed E-state index contributed by atoms with van der Waals surface area (Å²) in [4.78, 5) is 15.2. The molecule has 2 heterocycles. The molecule has 6 heteroatoms. The monoisotopic (exact) mass is 233 g/mol. The third-order valence-corrected chi connectivity index (χ3v) is 2.07. The molecule has 6 nitrogen and oxygen atoms in total. The normalized spacial score (nSPS) is 10.2. The van der Waals surface area contributed by atoms with Gasteiger partial charge in [-0.2, -0.15) is 5.10 Å². The van der Waals surface area contributed by atoms with Crippen LogP contribution in [0.2, 0.25) is 0 Å². The molecule has 17 heavy (non-hydrogen) atoms. The zero-order chi connectivity index (χ0) is 12.3. The quantitative estimate of drug-likeness (QED) is 0.804. The van der Waals surface area contributed by atoms with Gasteiger partial charge in [0.05, 0.1) is 36.4 Å². The van der Waals surface area contributed by atoms with Crippen molar-refractivity contribution < 1.29 is 14.6 Å². The Bertz CT molecular complexity index is 536. The highest BCUT2D eigenvalue weighted by molar-refractivity contribution is 5.88. The maximum absolute atomic E-state index is 11.4. The summed E-state index contributed by atoms with van der Waals surface area (Å²) in [5.74, 6) is -0.387. The molecule has 0 spiro atoms. The van der Waals surface area contributed by atoms with E-state index >= 15 is 0 Å². The van der Waals surface area contributed by atoms with Gasteiger partial charge in [-0.15, -0.1) is 0 Å². The molecule has 2 rings (SSSR count). The highest BCUT2D eigenvalue weighted by Gasteiger charge is 2.10. The van der Waals surface area contributed by atoms with Gasteiger partial charge in [0, 0.05) is 12.3 Å². The van der Waals surface area contributed by atoms with Crippen LogP contribution in [0.15, 0.2) is 30.9 Å². The fourth-order valence-corrected chi connectivity index (χ4v) is 1.33. The highest BCUT2D eigenvalue weighted by atomic mass is 16.5. The maximum Gasteiger partial charge on any atom is 0.341 e. The van der Waals surface area contributed by atoms with Gasteiger partial charge in [-0.05, 0) is 6.92 Å². The van der Waals surface area contributed by atoms with E-state index < -0.39 is 5.97 Å². The summed E-state index contributed by atoms with van der Waals surface area (Å²) in [6.07, 6.45) is 5.78. The van der Waals surface area contributed by atoms with Crippen molar-refractivity contribution in [2.75, 3.05) is 6.61 Å². The Kier molecular flexibility index (Phi) is 3.04. The van der Waals surface area contributed by atoms with Crippen LogP contribution in [-0.4, -0.2) is 32.4 Å². The zero-order valence-electron chi connectivity index (χ0n) is 9.20. The van der Waals surface area contributed by atoms with Crippen LogP contribution in [-0.2, 0) is 4.74 Å². The molecule has 0 aliphatic heterocycles. The van der Waals surface area contributed by atoms with Crippen molar-refractivity contribution in [3.8, 4) is 11.4 Å². The van der Waals surface area contributed by atoms with Crippen LogP contribution in [0.25, 0.3) is 5.69 Å². The lowest BCUT2D eigenvalue weighted by Crippen LogP contribution is -2.03. The van der Waals surface area contributed by atoms with Gasteiger partial charge in [-0.1, -0.05) is 0 Å². The fraction of sp³-hybridized carbons (Fsp3) is 0.182. The van der Waals surface area contributed by atoms with Crippen molar-refractivity contribution in [3.63, 3.8) is 0 Å². The average Bonchev–Trinajstić information content (AvgIpc) is 2.78. The van der Waals surface area contributed by atoms with E-state index in [2.05, 4.69) is 10.1 Å². The summed E-state index contributed by atoms with van der Waals surface area (Å²) in [7, 11) is 0. The average molecular weight is 233 g/mol. The molecule has 0 saturated heterocycles. The van der Waals surface area contributed by atoms with E-state index in [9.17, 15) is 9.90 Å². The summed E-state index contributed by atoms with van der Waals surface area (Å²) in [6, 6.07) is 1.49. The second-order valence-electron chi connectivity index (χ2n) is 3.30. The molecule has 0 aliphatic carbocycles. The van der Waals surface area contributed by atoms with Crippen LogP contribution in [0.4, 0.5) is 0 Å². The largest absolute Gasteiger partial charge is 0.506 e. The first-order valence-corrected chi connectivity index (χ1v) is 5.07. The number of carbonyl (C=O) groups excluding carboxylic acids is 1. The minimum Gasteiger partial charge on any atom is -0.506 e.